The Labute approximate surface area is 155 Å². The molecule has 1 aliphatic heterocycles. The number of carbonyl (C=O) groups is 1. The van der Waals surface area contributed by atoms with Crippen LogP contribution in [0.1, 0.15) is 0 Å². The number of nitrogens with zero attached hydrogens (tertiary/aromatic N) is 2. The first-order valence-electron chi connectivity index (χ1n) is 8.49. The average molecular weight is 376 g/mol. The number of anilines is 2. The lowest BCUT2D eigenvalue weighted by molar-refractivity contribution is 0.115. The maximum absolute atomic E-state index is 14.3. The summed E-state index contributed by atoms with van der Waals surface area (Å²) in [5.74, 6) is -0.647. The van der Waals surface area contributed by atoms with Crippen LogP contribution in [0.25, 0.3) is 0 Å². The zero-order valence-electron chi connectivity index (χ0n) is 14.5. The number of ether oxygens (including phenoxy) is 2. The van der Waals surface area contributed by atoms with Crippen LogP contribution in [0.3, 0.4) is 0 Å². The molecule has 3 rings (SSSR count). The summed E-state index contributed by atoms with van der Waals surface area (Å²) in [6.07, 6.45) is 1.47. The summed E-state index contributed by atoms with van der Waals surface area (Å²) in [4.78, 5) is 17.1. The number of aliphatic hydroxyl groups is 1. The lowest BCUT2D eigenvalue weighted by atomic mass is 10.2. The molecule has 1 fully saturated rings. The monoisotopic (exact) mass is 376 g/mol. The van der Waals surface area contributed by atoms with Crippen LogP contribution in [0.5, 0.6) is 5.75 Å². The van der Waals surface area contributed by atoms with Gasteiger partial charge in [-0.3, -0.25) is 9.88 Å². The van der Waals surface area contributed by atoms with Crippen molar-refractivity contribution >= 4 is 17.5 Å². The second-order valence-electron chi connectivity index (χ2n) is 6.05. The van der Waals surface area contributed by atoms with Crippen molar-refractivity contribution in [3.63, 3.8) is 0 Å². The Balaban J connectivity index is 1.53. The van der Waals surface area contributed by atoms with Crippen molar-refractivity contribution in [3.8, 4) is 5.75 Å². The third-order valence-corrected chi connectivity index (χ3v) is 4.00. The average Bonchev–Trinajstić information content (AvgIpc) is 3.07. The number of nitrogens with two attached hydrogens (primary N) is 1. The third-order valence-electron chi connectivity index (χ3n) is 4.00. The van der Waals surface area contributed by atoms with Crippen molar-refractivity contribution < 1.29 is 23.8 Å². The molecule has 8 nitrogen and oxygen atoms in total. The molecular formula is C18H21FN4O4. The van der Waals surface area contributed by atoms with Crippen molar-refractivity contribution in [2.75, 3.05) is 36.5 Å². The highest BCUT2D eigenvalue weighted by Gasteiger charge is 2.31. The van der Waals surface area contributed by atoms with E-state index in [2.05, 4.69) is 10.3 Å². The first kappa shape index (κ1) is 18.9. The second-order valence-corrected chi connectivity index (χ2v) is 6.05. The molecule has 0 bridgehead atoms. The summed E-state index contributed by atoms with van der Waals surface area (Å²) in [5, 5.41) is 13.0. The molecule has 4 N–H and O–H groups in total. The summed E-state index contributed by atoms with van der Waals surface area (Å²) < 4.78 is 24.7. The van der Waals surface area contributed by atoms with Gasteiger partial charge >= 0.3 is 6.09 Å². The molecule has 2 heterocycles. The number of amides is 1. The number of pyridine rings is 1. The van der Waals surface area contributed by atoms with Gasteiger partial charge in [0.1, 0.15) is 18.8 Å². The minimum atomic E-state index is -0.844. The molecule has 0 aliphatic carbocycles. The number of carbonyl (C=O) groups excluding carboxylic acids is 1. The maximum Gasteiger partial charge on any atom is 0.414 e. The van der Waals surface area contributed by atoms with Gasteiger partial charge in [0.05, 0.1) is 17.9 Å². The van der Waals surface area contributed by atoms with E-state index in [0.717, 1.165) is 5.69 Å². The smallest absolute Gasteiger partial charge is 0.414 e. The SMILES string of the molecule is NC[C@@H]1CN(c2ccc(OCC(O)CNc3cccnc3)c(F)c2)C(=O)O1. The summed E-state index contributed by atoms with van der Waals surface area (Å²) >= 11 is 0. The van der Waals surface area contributed by atoms with Crippen LogP contribution >= 0.6 is 0 Å². The highest BCUT2D eigenvalue weighted by Crippen LogP contribution is 2.27. The second kappa shape index (κ2) is 8.65. The van der Waals surface area contributed by atoms with Gasteiger partial charge in [-0.05, 0) is 24.3 Å². The van der Waals surface area contributed by atoms with Crippen LogP contribution in [0.2, 0.25) is 0 Å². The van der Waals surface area contributed by atoms with Gasteiger partial charge < -0.3 is 25.6 Å². The Hall–Kier alpha value is -2.91. The van der Waals surface area contributed by atoms with Gasteiger partial charge in [0.15, 0.2) is 11.6 Å². The molecule has 1 unspecified atom stereocenters. The zero-order chi connectivity index (χ0) is 19.2. The van der Waals surface area contributed by atoms with Crippen molar-refractivity contribution in [2.24, 2.45) is 5.73 Å². The number of benzene rings is 1. The minimum absolute atomic E-state index is 0.0119. The molecule has 2 atom stereocenters. The van der Waals surface area contributed by atoms with Crippen LogP contribution in [0.15, 0.2) is 42.7 Å². The number of halogens is 1. The first-order valence-corrected chi connectivity index (χ1v) is 8.49. The van der Waals surface area contributed by atoms with Crippen LogP contribution in [0.4, 0.5) is 20.6 Å². The topological polar surface area (TPSA) is 110 Å². The van der Waals surface area contributed by atoms with E-state index in [1.54, 1.807) is 24.5 Å². The Bertz CT molecular complexity index is 777. The number of nitrogens with one attached hydrogen (secondary N) is 1. The van der Waals surface area contributed by atoms with Crippen LogP contribution < -0.4 is 20.7 Å². The van der Waals surface area contributed by atoms with E-state index in [-0.39, 0.29) is 32.0 Å². The van der Waals surface area contributed by atoms with Crippen molar-refractivity contribution in [2.45, 2.75) is 12.2 Å². The Morgan fingerprint density at radius 1 is 1.48 bits per heavy atom. The molecule has 0 saturated carbocycles. The van der Waals surface area contributed by atoms with E-state index in [0.29, 0.717) is 5.69 Å². The number of cyclic esters (lactones) is 1. The lowest BCUT2D eigenvalue weighted by Crippen LogP contribution is -2.27. The summed E-state index contributed by atoms with van der Waals surface area (Å²) in [6.45, 7) is 0.612. The highest BCUT2D eigenvalue weighted by molar-refractivity contribution is 5.89. The quantitative estimate of drug-likeness (QED) is 0.638. The number of aliphatic hydroxyl groups excluding tert-OH is 1. The number of aromatic nitrogens is 1. The largest absolute Gasteiger partial charge is 0.488 e. The molecule has 27 heavy (non-hydrogen) atoms. The van der Waals surface area contributed by atoms with Gasteiger partial charge in [-0.2, -0.15) is 0 Å². The van der Waals surface area contributed by atoms with E-state index in [4.69, 9.17) is 15.2 Å². The summed E-state index contributed by atoms with van der Waals surface area (Å²) in [7, 11) is 0. The molecule has 2 aromatic rings. The fourth-order valence-corrected chi connectivity index (χ4v) is 2.58. The van der Waals surface area contributed by atoms with Gasteiger partial charge in [0.2, 0.25) is 0 Å². The standard InChI is InChI=1S/C18H21FN4O4/c19-16-6-13(23-10-15(7-20)27-18(23)25)3-4-17(16)26-11-14(24)9-22-12-2-1-5-21-8-12/h1-6,8,14-15,22,24H,7,9-11,20H2/t14?,15-/m1/s1. The van der Waals surface area contributed by atoms with E-state index in [9.17, 15) is 14.3 Å². The zero-order valence-corrected chi connectivity index (χ0v) is 14.5. The third kappa shape index (κ3) is 4.83. The van der Waals surface area contributed by atoms with Crippen molar-refractivity contribution in [1.29, 1.82) is 0 Å². The molecule has 9 heteroatoms. The van der Waals surface area contributed by atoms with Crippen LogP contribution in [0, 0.1) is 5.82 Å². The van der Waals surface area contributed by atoms with Gasteiger partial charge in [-0.1, -0.05) is 0 Å². The van der Waals surface area contributed by atoms with Crippen LogP contribution in [-0.4, -0.2) is 54.6 Å². The van der Waals surface area contributed by atoms with Gasteiger partial charge in [-0.25, -0.2) is 9.18 Å². The highest BCUT2D eigenvalue weighted by atomic mass is 19.1. The fraction of sp³-hybridized carbons (Fsp3) is 0.333. The molecule has 0 spiro atoms. The Morgan fingerprint density at radius 2 is 2.33 bits per heavy atom. The van der Waals surface area contributed by atoms with E-state index in [1.165, 1.54) is 17.0 Å². The van der Waals surface area contributed by atoms with Gasteiger partial charge in [0.25, 0.3) is 0 Å². The number of hydrogen-bond donors (Lipinski definition) is 3. The molecule has 0 radical (unpaired) electrons. The predicted octanol–water partition coefficient (Wildman–Crippen LogP) is 1.36. The van der Waals surface area contributed by atoms with Gasteiger partial charge in [-0.15, -0.1) is 0 Å². The molecule has 1 aliphatic rings. The van der Waals surface area contributed by atoms with E-state index < -0.39 is 24.1 Å². The van der Waals surface area contributed by atoms with Crippen molar-refractivity contribution in [3.05, 3.63) is 48.5 Å². The normalized spacial score (nSPS) is 17.5. The summed E-state index contributed by atoms with van der Waals surface area (Å²) in [6, 6.07) is 7.75. The van der Waals surface area contributed by atoms with E-state index >= 15 is 0 Å². The van der Waals surface area contributed by atoms with Crippen LogP contribution in [-0.2, 0) is 4.74 Å². The Kier molecular flexibility index (Phi) is 6.05. The Morgan fingerprint density at radius 3 is 3.00 bits per heavy atom. The molecular weight excluding hydrogens is 355 g/mol. The molecule has 1 saturated heterocycles. The lowest BCUT2D eigenvalue weighted by Gasteiger charge is -2.16. The van der Waals surface area contributed by atoms with E-state index in [1.807, 2.05) is 6.07 Å². The number of rotatable bonds is 8. The number of hydrogen-bond acceptors (Lipinski definition) is 7. The molecule has 1 aromatic heterocycles. The summed E-state index contributed by atoms with van der Waals surface area (Å²) in [5.41, 5.74) is 6.61. The molecule has 1 amide bonds. The first-order chi connectivity index (χ1) is 13.1. The molecule has 144 valence electrons. The predicted molar refractivity (Wildman–Crippen MR) is 97.3 cm³/mol. The van der Waals surface area contributed by atoms with Crippen molar-refractivity contribution in [1.82, 2.24) is 4.98 Å². The molecule has 1 aromatic carbocycles. The minimum Gasteiger partial charge on any atom is -0.488 e. The maximum atomic E-state index is 14.3. The fourth-order valence-electron chi connectivity index (χ4n) is 2.58. The van der Waals surface area contributed by atoms with Gasteiger partial charge in [0, 0.05) is 31.5 Å².